The van der Waals surface area contributed by atoms with Crippen LogP contribution >= 0.6 is 0 Å². The number of nitrogens with zero attached hydrogens (tertiary/aromatic N) is 1. The number of carbonyl (C=O) groups excluding carboxylic acids is 1. The molecule has 0 aromatic heterocycles. The van der Waals surface area contributed by atoms with Crippen molar-refractivity contribution in [3.05, 3.63) is 6.92 Å². The molecule has 0 spiro atoms. The molecule has 0 N–H and O–H groups in total. The van der Waals surface area contributed by atoms with Crippen LogP contribution in [0.4, 0.5) is 4.79 Å². The fourth-order valence-electron chi connectivity index (χ4n) is 1.56. The van der Waals surface area contributed by atoms with E-state index < -0.39 is 5.60 Å². The molecule has 1 saturated heterocycles. The Labute approximate surface area is 105 Å². The number of ether oxygens (including phenoxy) is 1. The van der Waals surface area contributed by atoms with Gasteiger partial charge in [0.15, 0.2) is 0 Å². The largest absolute Gasteiger partial charge is 0.444 e. The third-order valence-electron chi connectivity index (χ3n) is 2.17. The van der Waals surface area contributed by atoms with Gasteiger partial charge in [-0.05, 0) is 33.7 Å². The predicted octanol–water partition coefficient (Wildman–Crippen LogP) is 2.47. The maximum atomic E-state index is 11.6. The van der Waals surface area contributed by atoms with Gasteiger partial charge in [-0.1, -0.05) is 6.42 Å². The van der Waals surface area contributed by atoms with Gasteiger partial charge in [0.25, 0.3) is 0 Å². The molecule has 0 aliphatic carbocycles. The minimum absolute atomic E-state index is 0. The summed E-state index contributed by atoms with van der Waals surface area (Å²) in [5.41, 5.74) is -0.398. The van der Waals surface area contributed by atoms with E-state index in [0.717, 1.165) is 25.9 Å². The van der Waals surface area contributed by atoms with E-state index >= 15 is 0 Å². The monoisotopic (exact) mass is 262 g/mol. The van der Waals surface area contributed by atoms with Crippen molar-refractivity contribution in [2.75, 3.05) is 13.1 Å². The second-order valence-corrected chi connectivity index (χ2v) is 4.93. The van der Waals surface area contributed by atoms with Crippen molar-refractivity contribution in [2.24, 2.45) is 5.92 Å². The number of rotatable bonds is 0. The minimum Gasteiger partial charge on any atom is -0.444 e. The second-order valence-electron chi connectivity index (χ2n) is 4.93. The molecule has 1 atom stereocenters. The molecule has 0 unspecified atom stereocenters. The summed E-state index contributed by atoms with van der Waals surface area (Å²) in [5.74, 6) is 0.358. The molecule has 0 radical (unpaired) electrons. The van der Waals surface area contributed by atoms with Crippen LogP contribution in [0.5, 0.6) is 0 Å². The number of carbonyl (C=O) groups is 1. The molecule has 1 heterocycles. The van der Waals surface area contributed by atoms with E-state index in [1.165, 1.54) is 0 Å². The van der Waals surface area contributed by atoms with Gasteiger partial charge in [0.2, 0.25) is 0 Å². The molecular weight excluding hydrogens is 244 g/mol. The first kappa shape index (κ1) is 14.9. The summed E-state index contributed by atoms with van der Waals surface area (Å²) in [6.45, 7) is 11.2. The van der Waals surface area contributed by atoms with Crippen LogP contribution in [0.3, 0.4) is 0 Å². The van der Waals surface area contributed by atoms with E-state index in [9.17, 15) is 4.79 Å². The van der Waals surface area contributed by atoms with Crippen LogP contribution in [0, 0.1) is 12.8 Å². The maximum Gasteiger partial charge on any atom is 0.410 e. The van der Waals surface area contributed by atoms with Crippen LogP contribution in [0.2, 0.25) is 0 Å². The molecular formula is C11H20NO2Zn-. The molecule has 0 aromatic rings. The fourth-order valence-corrected chi connectivity index (χ4v) is 1.56. The Morgan fingerprint density at radius 2 is 2.07 bits per heavy atom. The Hall–Kier alpha value is -0.107. The van der Waals surface area contributed by atoms with Gasteiger partial charge in [-0.25, -0.2) is 4.79 Å². The summed E-state index contributed by atoms with van der Waals surface area (Å²) in [5, 5.41) is 0. The number of hydrogen-bond donors (Lipinski definition) is 0. The van der Waals surface area contributed by atoms with Crippen molar-refractivity contribution in [2.45, 2.75) is 39.2 Å². The summed E-state index contributed by atoms with van der Waals surface area (Å²) in [7, 11) is 0. The average molecular weight is 264 g/mol. The average Bonchev–Trinajstić information content (AvgIpc) is 2.01. The van der Waals surface area contributed by atoms with Gasteiger partial charge in [0.05, 0.1) is 0 Å². The first-order valence-corrected chi connectivity index (χ1v) is 5.19. The van der Waals surface area contributed by atoms with Crippen LogP contribution in [-0.4, -0.2) is 29.7 Å². The molecule has 0 aromatic carbocycles. The molecule has 84 valence electrons. The summed E-state index contributed by atoms with van der Waals surface area (Å²) in [4.78, 5) is 13.4. The standard InChI is InChI=1S/C11H20NO2.Zn/c1-9-6-5-7-12(8-9)10(13)14-11(2,3)4;/h9H,1,5-8H2,2-4H3;/q-1;/t9-;/m0./s1. The molecule has 0 bridgehead atoms. The van der Waals surface area contributed by atoms with Gasteiger partial charge in [-0.2, -0.15) is 5.92 Å². The molecule has 1 aliphatic heterocycles. The Kier molecular flexibility index (Phi) is 5.79. The van der Waals surface area contributed by atoms with E-state index in [0.29, 0.717) is 5.92 Å². The molecule has 1 rings (SSSR count). The van der Waals surface area contributed by atoms with E-state index in [1.54, 1.807) is 4.90 Å². The maximum absolute atomic E-state index is 11.6. The molecule has 1 fully saturated rings. The van der Waals surface area contributed by atoms with Crippen LogP contribution in [0.1, 0.15) is 33.6 Å². The Bertz CT molecular complexity index is 213. The van der Waals surface area contributed by atoms with Crippen LogP contribution in [0.15, 0.2) is 0 Å². The molecule has 4 heteroatoms. The smallest absolute Gasteiger partial charge is 0.410 e. The van der Waals surface area contributed by atoms with Gasteiger partial charge >= 0.3 is 6.09 Å². The number of amides is 1. The topological polar surface area (TPSA) is 29.5 Å². The normalized spacial score (nSPS) is 21.9. The van der Waals surface area contributed by atoms with Crippen LogP contribution < -0.4 is 0 Å². The van der Waals surface area contributed by atoms with Crippen molar-refractivity contribution >= 4 is 6.09 Å². The van der Waals surface area contributed by atoms with Gasteiger partial charge < -0.3 is 16.6 Å². The Morgan fingerprint density at radius 3 is 2.53 bits per heavy atom. The molecule has 0 saturated carbocycles. The number of likely N-dealkylation sites (tertiary alicyclic amines) is 1. The van der Waals surface area contributed by atoms with Crippen molar-refractivity contribution in [1.82, 2.24) is 4.90 Å². The zero-order valence-electron chi connectivity index (χ0n) is 10.1. The zero-order chi connectivity index (χ0) is 10.8. The second kappa shape index (κ2) is 5.84. The minimum atomic E-state index is -0.398. The Morgan fingerprint density at radius 1 is 1.47 bits per heavy atom. The zero-order valence-corrected chi connectivity index (χ0v) is 13.1. The van der Waals surface area contributed by atoms with E-state index in [4.69, 9.17) is 4.74 Å². The van der Waals surface area contributed by atoms with Crippen molar-refractivity contribution in [3.63, 3.8) is 0 Å². The third-order valence-corrected chi connectivity index (χ3v) is 2.17. The number of hydrogen-bond acceptors (Lipinski definition) is 2. The van der Waals surface area contributed by atoms with Crippen LogP contribution in [0.25, 0.3) is 0 Å². The van der Waals surface area contributed by atoms with E-state index in [1.807, 2.05) is 20.8 Å². The molecule has 15 heavy (non-hydrogen) atoms. The SMILES string of the molecule is [CH2-][C@H]1CCCN(C(=O)OC(C)(C)C)C1.[Zn]. The predicted molar refractivity (Wildman–Crippen MR) is 55.9 cm³/mol. The van der Waals surface area contributed by atoms with Crippen molar-refractivity contribution in [1.29, 1.82) is 0 Å². The van der Waals surface area contributed by atoms with Gasteiger partial charge in [0, 0.05) is 26.0 Å². The summed E-state index contributed by atoms with van der Waals surface area (Å²) < 4.78 is 5.28. The fraction of sp³-hybridized carbons (Fsp3) is 0.818. The van der Waals surface area contributed by atoms with Crippen LogP contribution in [-0.2, 0) is 24.2 Å². The third kappa shape index (κ3) is 5.51. The first-order valence-electron chi connectivity index (χ1n) is 5.19. The summed E-state index contributed by atoms with van der Waals surface area (Å²) in [6, 6.07) is 0. The van der Waals surface area contributed by atoms with Gasteiger partial charge in [-0.3, -0.25) is 0 Å². The molecule has 1 amide bonds. The molecule has 1 aliphatic rings. The summed E-state index contributed by atoms with van der Waals surface area (Å²) >= 11 is 0. The van der Waals surface area contributed by atoms with Crippen molar-refractivity contribution < 1.29 is 29.0 Å². The van der Waals surface area contributed by atoms with Crippen molar-refractivity contribution in [3.8, 4) is 0 Å². The quantitative estimate of drug-likeness (QED) is 0.496. The summed E-state index contributed by atoms with van der Waals surface area (Å²) in [6.07, 6.45) is 1.94. The first-order chi connectivity index (χ1) is 6.38. The Balaban J connectivity index is 0.00000196. The number of piperidine rings is 1. The van der Waals surface area contributed by atoms with Gasteiger partial charge in [0.1, 0.15) is 5.60 Å². The van der Waals surface area contributed by atoms with Gasteiger partial charge in [-0.15, -0.1) is 0 Å². The molecule has 3 nitrogen and oxygen atoms in total. The van der Waals surface area contributed by atoms with E-state index in [2.05, 4.69) is 6.92 Å². The van der Waals surface area contributed by atoms with E-state index in [-0.39, 0.29) is 25.6 Å².